The SMILES string of the molecule is CSc1ccc2c(c1)CCCN(Cc1ccc3scnc3c1)C2. The second-order valence-electron chi connectivity index (χ2n) is 6.10. The van der Waals surface area contributed by atoms with E-state index in [0.29, 0.717) is 0 Å². The average Bonchev–Trinajstić information content (AvgIpc) is 2.94. The molecule has 0 amide bonds. The summed E-state index contributed by atoms with van der Waals surface area (Å²) in [5.41, 5.74) is 7.46. The monoisotopic (exact) mass is 340 g/mol. The highest BCUT2D eigenvalue weighted by Gasteiger charge is 2.15. The van der Waals surface area contributed by atoms with Crippen molar-refractivity contribution < 1.29 is 0 Å². The quantitative estimate of drug-likeness (QED) is 0.627. The van der Waals surface area contributed by atoms with E-state index in [9.17, 15) is 0 Å². The van der Waals surface area contributed by atoms with E-state index in [1.54, 1.807) is 11.3 Å². The minimum Gasteiger partial charge on any atom is -0.295 e. The van der Waals surface area contributed by atoms with Crippen molar-refractivity contribution in [1.82, 2.24) is 9.88 Å². The number of thiazole rings is 1. The van der Waals surface area contributed by atoms with Gasteiger partial charge in [-0.25, -0.2) is 4.98 Å². The Balaban J connectivity index is 1.54. The van der Waals surface area contributed by atoms with Crippen molar-refractivity contribution in [3.05, 3.63) is 58.6 Å². The van der Waals surface area contributed by atoms with E-state index in [2.05, 4.69) is 52.5 Å². The summed E-state index contributed by atoms with van der Waals surface area (Å²) >= 11 is 3.55. The van der Waals surface area contributed by atoms with Gasteiger partial charge in [-0.1, -0.05) is 12.1 Å². The summed E-state index contributed by atoms with van der Waals surface area (Å²) in [5, 5.41) is 0. The molecule has 0 radical (unpaired) electrons. The van der Waals surface area contributed by atoms with Gasteiger partial charge in [0.2, 0.25) is 0 Å². The van der Waals surface area contributed by atoms with Crippen LogP contribution in [0.5, 0.6) is 0 Å². The number of hydrogen-bond donors (Lipinski definition) is 0. The Bertz CT molecular complexity index is 825. The van der Waals surface area contributed by atoms with Gasteiger partial charge in [0.05, 0.1) is 15.7 Å². The number of rotatable bonds is 3. The van der Waals surface area contributed by atoms with Crippen LogP contribution in [-0.4, -0.2) is 22.7 Å². The van der Waals surface area contributed by atoms with Crippen molar-refractivity contribution in [2.45, 2.75) is 30.8 Å². The molecule has 2 nitrogen and oxygen atoms in total. The molecule has 0 N–H and O–H groups in total. The van der Waals surface area contributed by atoms with E-state index in [4.69, 9.17) is 0 Å². The van der Waals surface area contributed by atoms with Gasteiger partial charge in [-0.15, -0.1) is 23.1 Å². The van der Waals surface area contributed by atoms with Crippen molar-refractivity contribution in [3.63, 3.8) is 0 Å². The zero-order valence-corrected chi connectivity index (χ0v) is 14.9. The predicted octanol–water partition coefficient (Wildman–Crippen LogP) is 4.97. The Morgan fingerprint density at radius 3 is 3.04 bits per heavy atom. The molecule has 118 valence electrons. The Morgan fingerprint density at radius 2 is 2.13 bits per heavy atom. The summed E-state index contributed by atoms with van der Waals surface area (Å²) in [5.74, 6) is 0. The molecule has 0 aliphatic carbocycles. The van der Waals surface area contributed by atoms with Crippen LogP contribution >= 0.6 is 23.1 Å². The molecule has 1 aliphatic rings. The topological polar surface area (TPSA) is 16.1 Å². The Morgan fingerprint density at radius 1 is 1.17 bits per heavy atom. The molecular formula is C19H20N2S2. The van der Waals surface area contributed by atoms with Gasteiger partial charge in [-0.05, 0) is 66.6 Å². The minimum absolute atomic E-state index is 1.01. The highest BCUT2D eigenvalue weighted by Crippen LogP contribution is 2.26. The van der Waals surface area contributed by atoms with E-state index >= 15 is 0 Å². The first-order valence-corrected chi connectivity index (χ1v) is 10.1. The van der Waals surface area contributed by atoms with Crippen LogP contribution in [0, 0.1) is 0 Å². The van der Waals surface area contributed by atoms with Crippen LogP contribution in [-0.2, 0) is 19.5 Å². The van der Waals surface area contributed by atoms with E-state index in [1.165, 1.54) is 45.7 Å². The molecule has 23 heavy (non-hydrogen) atoms. The standard InChI is InChI=1S/C19H20N2S2/c1-22-17-6-5-16-12-21(8-2-3-15(16)10-17)11-14-4-7-19-18(9-14)20-13-23-19/h4-7,9-10,13H,2-3,8,11-12H2,1H3. The third-order valence-electron chi connectivity index (χ3n) is 4.53. The molecule has 4 rings (SSSR count). The summed E-state index contributed by atoms with van der Waals surface area (Å²) in [6.07, 6.45) is 4.59. The van der Waals surface area contributed by atoms with Gasteiger partial charge in [0.15, 0.2) is 0 Å². The van der Waals surface area contributed by atoms with E-state index in [1.807, 2.05) is 17.3 Å². The number of nitrogens with zero attached hydrogens (tertiary/aromatic N) is 2. The van der Waals surface area contributed by atoms with Crippen LogP contribution in [0.4, 0.5) is 0 Å². The minimum atomic E-state index is 1.01. The maximum Gasteiger partial charge on any atom is 0.0815 e. The first-order chi connectivity index (χ1) is 11.3. The lowest BCUT2D eigenvalue weighted by Gasteiger charge is -2.20. The van der Waals surface area contributed by atoms with Crippen LogP contribution in [0.3, 0.4) is 0 Å². The predicted molar refractivity (Wildman–Crippen MR) is 100 cm³/mol. The summed E-state index contributed by atoms with van der Waals surface area (Å²) in [6.45, 7) is 3.23. The second kappa shape index (κ2) is 6.63. The molecule has 0 unspecified atom stereocenters. The van der Waals surface area contributed by atoms with E-state index < -0.39 is 0 Å². The van der Waals surface area contributed by atoms with Crippen molar-refractivity contribution in [3.8, 4) is 0 Å². The zero-order valence-electron chi connectivity index (χ0n) is 13.3. The number of aromatic nitrogens is 1. The molecule has 0 spiro atoms. The normalized spacial score (nSPS) is 15.5. The van der Waals surface area contributed by atoms with Crippen molar-refractivity contribution in [2.24, 2.45) is 0 Å². The lowest BCUT2D eigenvalue weighted by Crippen LogP contribution is -2.22. The number of hydrogen-bond acceptors (Lipinski definition) is 4. The average molecular weight is 341 g/mol. The van der Waals surface area contributed by atoms with Crippen LogP contribution in [0.2, 0.25) is 0 Å². The van der Waals surface area contributed by atoms with Gasteiger partial charge in [0, 0.05) is 18.0 Å². The highest BCUT2D eigenvalue weighted by atomic mass is 32.2. The molecule has 1 aliphatic heterocycles. The first kappa shape index (κ1) is 15.2. The first-order valence-electron chi connectivity index (χ1n) is 8.02. The summed E-state index contributed by atoms with van der Waals surface area (Å²) in [6, 6.07) is 13.7. The molecule has 4 heteroatoms. The molecule has 3 aromatic rings. The summed E-state index contributed by atoms with van der Waals surface area (Å²) < 4.78 is 1.28. The number of aryl methyl sites for hydroxylation is 1. The van der Waals surface area contributed by atoms with Crippen LogP contribution in [0.25, 0.3) is 10.2 Å². The molecule has 0 fully saturated rings. The molecule has 0 saturated heterocycles. The highest BCUT2D eigenvalue weighted by molar-refractivity contribution is 7.98. The van der Waals surface area contributed by atoms with Crippen molar-refractivity contribution in [1.29, 1.82) is 0 Å². The van der Waals surface area contributed by atoms with Gasteiger partial charge in [-0.3, -0.25) is 4.90 Å². The van der Waals surface area contributed by atoms with Gasteiger partial charge in [0.1, 0.15) is 0 Å². The number of thioether (sulfide) groups is 1. The molecular weight excluding hydrogens is 320 g/mol. The van der Waals surface area contributed by atoms with Gasteiger partial charge < -0.3 is 0 Å². The van der Waals surface area contributed by atoms with Crippen LogP contribution in [0.15, 0.2) is 46.8 Å². The van der Waals surface area contributed by atoms with Crippen molar-refractivity contribution in [2.75, 3.05) is 12.8 Å². The number of fused-ring (bicyclic) bond motifs is 2. The Kier molecular flexibility index (Phi) is 4.38. The Hall–Kier alpha value is -1.36. The third-order valence-corrected chi connectivity index (χ3v) is 6.06. The van der Waals surface area contributed by atoms with Crippen LogP contribution < -0.4 is 0 Å². The summed E-state index contributed by atoms with van der Waals surface area (Å²) in [7, 11) is 0. The third kappa shape index (κ3) is 3.30. The van der Waals surface area contributed by atoms with Gasteiger partial charge >= 0.3 is 0 Å². The van der Waals surface area contributed by atoms with E-state index in [0.717, 1.165) is 18.6 Å². The van der Waals surface area contributed by atoms with Gasteiger partial charge in [-0.2, -0.15) is 0 Å². The van der Waals surface area contributed by atoms with Crippen LogP contribution in [0.1, 0.15) is 23.1 Å². The largest absolute Gasteiger partial charge is 0.295 e. The van der Waals surface area contributed by atoms with Gasteiger partial charge in [0.25, 0.3) is 0 Å². The lowest BCUT2D eigenvalue weighted by molar-refractivity contribution is 0.261. The molecule has 1 aromatic heterocycles. The van der Waals surface area contributed by atoms with Crippen molar-refractivity contribution >= 4 is 33.3 Å². The fraction of sp³-hybridized carbons (Fsp3) is 0.316. The maximum atomic E-state index is 4.44. The summed E-state index contributed by atoms with van der Waals surface area (Å²) in [4.78, 5) is 8.39. The number of benzene rings is 2. The smallest absolute Gasteiger partial charge is 0.0815 e. The fourth-order valence-corrected chi connectivity index (χ4v) is 4.45. The molecule has 2 heterocycles. The zero-order chi connectivity index (χ0) is 15.6. The van der Waals surface area contributed by atoms with E-state index in [-0.39, 0.29) is 0 Å². The molecule has 0 bridgehead atoms. The lowest BCUT2D eigenvalue weighted by atomic mass is 10.0. The molecule has 0 atom stereocenters. The second-order valence-corrected chi connectivity index (χ2v) is 7.87. The Labute approximate surface area is 145 Å². The molecule has 0 saturated carbocycles. The fourth-order valence-electron chi connectivity index (χ4n) is 3.32. The maximum absolute atomic E-state index is 4.44. The molecule has 2 aromatic carbocycles.